The summed E-state index contributed by atoms with van der Waals surface area (Å²) in [6, 6.07) is 3.44. The maximum Gasteiger partial charge on any atom is 0.127 e. The molecule has 0 bridgehead atoms. The maximum atomic E-state index is 9.37. The fourth-order valence-corrected chi connectivity index (χ4v) is 1.92. The zero-order valence-corrected chi connectivity index (χ0v) is 7.58. The SMILES string of the molecule is COc1cc(O)cc2c1[C@H](N)CC2. The molecule has 3 nitrogen and oxygen atoms in total. The standard InChI is InChI=1S/C10H13NO2/c1-13-9-5-7(12)4-6-2-3-8(11)10(6)9/h4-5,8,12H,2-3,11H2,1H3/t8-/m1/s1. The number of ether oxygens (including phenoxy) is 1. The van der Waals surface area contributed by atoms with Crippen molar-refractivity contribution in [3.8, 4) is 11.5 Å². The van der Waals surface area contributed by atoms with Crippen LogP contribution in [0, 0.1) is 0 Å². The Morgan fingerprint density at radius 1 is 1.54 bits per heavy atom. The first kappa shape index (κ1) is 8.38. The molecule has 2 rings (SSSR count). The minimum atomic E-state index is 0.0607. The van der Waals surface area contributed by atoms with Gasteiger partial charge in [0.2, 0.25) is 0 Å². The van der Waals surface area contributed by atoms with Gasteiger partial charge in [-0.05, 0) is 24.5 Å². The number of aromatic hydroxyl groups is 1. The Morgan fingerprint density at radius 3 is 3.00 bits per heavy atom. The van der Waals surface area contributed by atoms with Crippen LogP contribution in [0.3, 0.4) is 0 Å². The lowest BCUT2D eigenvalue weighted by molar-refractivity contribution is 0.400. The molecular formula is C10H13NO2. The van der Waals surface area contributed by atoms with E-state index in [1.165, 1.54) is 0 Å². The summed E-state index contributed by atoms with van der Waals surface area (Å²) in [5.41, 5.74) is 8.08. The van der Waals surface area contributed by atoms with Crippen molar-refractivity contribution in [2.24, 2.45) is 5.73 Å². The van der Waals surface area contributed by atoms with Crippen molar-refractivity contribution in [1.29, 1.82) is 0 Å². The number of phenols is 1. The van der Waals surface area contributed by atoms with E-state index in [4.69, 9.17) is 10.5 Å². The van der Waals surface area contributed by atoms with Crippen molar-refractivity contribution in [2.45, 2.75) is 18.9 Å². The number of rotatable bonds is 1. The van der Waals surface area contributed by atoms with Gasteiger partial charge in [0.1, 0.15) is 11.5 Å². The number of phenolic OH excluding ortho intramolecular Hbond substituents is 1. The molecule has 0 saturated carbocycles. The van der Waals surface area contributed by atoms with E-state index in [0.717, 1.165) is 24.0 Å². The predicted octanol–water partition coefficient (Wildman–Crippen LogP) is 1.35. The van der Waals surface area contributed by atoms with E-state index in [0.29, 0.717) is 5.75 Å². The highest BCUT2D eigenvalue weighted by Gasteiger charge is 2.23. The monoisotopic (exact) mass is 179 g/mol. The molecule has 1 aliphatic carbocycles. The van der Waals surface area contributed by atoms with Gasteiger partial charge in [-0.15, -0.1) is 0 Å². The molecule has 0 aliphatic heterocycles. The summed E-state index contributed by atoms with van der Waals surface area (Å²) in [7, 11) is 1.60. The van der Waals surface area contributed by atoms with Gasteiger partial charge in [0.05, 0.1) is 7.11 Å². The van der Waals surface area contributed by atoms with Gasteiger partial charge in [-0.25, -0.2) is 0 Å². The minimum Gasteiger partial charge on any atom is -0.508 e. The van der Waals surface area contributed by atoms with E-state index in [-0.39, 0.29) is 11.8 Å². The van der Waals surface area contributed by atoms with Crippen molar-refractivity contribution in [1.82, 2.24) is 0 Å². The van der Waals surface area contributed by atoms with Gasteiger partial charge in [0.25, 0.3) is 0 Å². The predicted molar refractivity (Wildman–Crippen MR) is 49.9 cm³/mol. The van der Waals surface area contributed by atoms with E-state index >= 15 is 0 Å². The first-order chi connectivity index (χ1) is 6.22. The van der Waals surface area contributed by atoms with Crippen LogP contribution >= 0.6 is 0 Å². The molecule has 1 aromatic rings. The average molecular weight is 179 g/mol. The van der Waals surface area contributed by atoms with Crippen LogP contribution < -0.4 is 10.5 Å². The Labute approximate surface area is 77.1 Å². The van der Waals surface area contributed by atoms with Crippen molar-refractivity contribution in [3.63, 3.8) is 0 Å². The quantitative estimate of drug-likeness (QED) is 0.684. The lowest BCUT2D eigenvalue weighted by Crippen LogP contribution is -2.06. The molecule has 0 unspecified atom stereocenters. The Balaban J connectivity index is 2.57. The van der Waals surface area contributed by atoms with Gasteiger partial charge in [0.15, 0.2) is 0 Å². The molecule has 0 fully saturated rings. The summed E-state index contributed by atoms with van der Waals surface area (Å²) in [6.07, 6.45) is 1.87. The van der Waals surface area contributed by atoms with Crippen molar-refractivity contribution in [2.75, 3.05) is 7.11 Å². The van der Waals surface area contributed by atoms with Crippen LogP contribution in [0.5, 0.6) is 11.5 Å². The van der Waals surface area contributed by atoms with E-state index in [9.17, 15) is 5.11 Å². The number of nitrogens with two attached hydrogens (primary N) is 1. The Hall–Kier alpha value is -1.22. The van der Waals surface area contributed by atoms with Gasteiger partial charge in [-0.2, -0.15) is 0 Å². The number of methoxy groups -OCH3 is 1. The lowest BCUT2D eigenvalue weighted by Gasteiger charge is -2.11. The van der Waals surface area contributed by atoms with Gasteiger partial charge < -0.3 is 15.6 Å². The molecule has 0 radical (unpaired) electrons. The van der Waals surface area contributed by atoms with E-state index < -0.39 is 0 Å². The Kier molecular flexibility index (Phi) is 1.88. The van der Waals surface area contributed by atoms with Crippen LogP contribution in [-0.4, -0.2) is 12.2 Å². The fraction of sp³-hybridized carbons (Fsp3) is 0.400. The first-order valence-corrected chi connectivity index (χ1v) is 4.37. The molecule has 0 aromatic heterocycles. The lowest BCUT2D eigenvalue weighted by atomic mass is 10.1. The third-order valence-corrected chi connectivity index (χ3v) is 2.53. The van der Waals surface area contributed by atoms with Gasteiger partial charge in [-0.3, -0.25) is 0 Å². The molecular weight excluding hydrogens is 166 g/mol. The zero-order valence-electron chi connectivity index (χ0n) is 7.58. The van der Waals surface area contributed by atoms with E-state index in [1.54, 1.807) is 19.2 Å². The summed E-state index contributed by atoms with van der Waals surface area (Å²) in [6.45, 7) is 0. The zero-order chi connectivity index (χ0) is 9.42. The molecule has 3 N–H and O–H groups in total. The number of benzene rings is 1. The van der Waals surface area contributed by atoms with Crippen LogP contribution in [0.2, 0.25) is 0 Å². The molecule has 1 aliphatic rings. The summed E-state index contributed by atoms with van der Waals surface area (Å²) in [5.74, 6) is 0.963. The minimum absolute atomic E-state index is 0.0607. The number of aryl methyl sites for hydroxylation is 1. The van der Waals surface area contributed by atoms with Crippen molar-refractivity contribution < 1.29 is 9.84 Å². The summed E-state index contributed by atoms with van der Waals surface area (Å²) < 4.78 is 5.17. The van der Waals surface area contributed by atoms with Crippen LogP contribution in [0.1, 0.15) is 23.6 Å². The second-order valence-corrected chi connectivity index (χ2v) is 3.37. The highest BCUT2D eigenvalue weighted by Crippen LogP contribution is 2.38. The average Bonchev–Trinajstić information content (AvgIpc) is 2.46. The second-order valence-electron chi connectivity index (χ2n) is 3.37. The molecule has 1 aromatic carbocycles. The molecule has 0 saturated heterocycles. The van der Waals surface area contributed by atoms with E-state index in [1.807, 2.05) is 0 Å². The van der Waals surface area contributed by atoms with E-state index in [2.05, 4.69) is 0 Å². The molecule has 0 amide bonds. The first-order valence-electron chi connectivity index (χ1n) is 4.37. The third kappa shape index (κ3) is 1.25. The summed E-state index contributed by atoms with van der Waals surface area (Å²) in [5, 5.41) is 9.37. The number of hydrogen-bond acceptors (Lipinski definition) is 3. The smallest absolute Gasteiger partial charge is 0.127 e. The molecule has 0 heterocycles. The number of hydrogen-bond donors (Lipinski definition) is 2. The third-order valence-electron chi connectivity index (χ3n) is 2.53. The Bertz CT molecular complexity index is 336. The van der Waals surface area contributed by atoms with Crippen molar-refractivity contribution in [3.05, 3.63) is 23.3 Å². The van der Waals surface area contributed by atoms with Gasteiger partial charge in [0, 0.05) is 17.7 Å². The van der Waals surface area contributed by atoms with Gasteiger partial charge >= 0.3 is 0 Å². The van der Waals surface area contributed by atoms with Crippen LogP contribution in [0.25, 0.3) is 0 Å². The highest BCUT2D eigenvalue weighted by atomic mass is 16.5. The fourth-order valence-electron chi connectivity index (χ4n) is 1.92. The molecule has 13 heavy (non-hydrogen) atoms. The molecule has 0 spiro atoms. The largest absolute Gasteiger partial charge is 0.508 e. The van der Waals surface area contributed by atoms with Gasteiger partial charge in [-0.1, -0.05) is 0 Å². The molecule has 3 heteroatoms. The molecule has 1 atom stereocenters. The van der Waals surface area contributed by atoms with Crippen molar-refractivity contribution >= 4 is 0 Å². The van der Waals surface area contributed by atoms with Crippen LogP contribution in [-0.2, 0) is 6.42 Å². The second kappa shape index (κ2) is 2.92. The maximum absolute atomic E-state index is 9.37. The molecule has 70 valence electrons. The summed E-state index contributed by atoms with van der Waals surface area (Å²) in [4.78, 5) is 0. The summed E-state index contributed by atoms with van der Waals surface area (Å²) >= 11 is 0. The topological polar surface area (TPSA) is 55.5 Å². The van der Waals surface area contributed by atoms with Crippen LogP contribution in [0.4, 0.5) is 0 Å². The number of fused-ring (bicyclic) bond motifs is 1. The normalized spacial score (nSPS) is 20.0. The highest BCUT2D eigenvalue weighted by molar-refractivity contribution is 5.50. The Morgan fingerprint density at radius 2 is 2.31 bits per heavy atom. The van der Waals surface area contributed by atoms with Crippen LogP contribution in [0.15, 0.2) is 12.1 Å².